The topological polar surface area (TPSA) is 90.4 Å². The van der Waals surface area contributed by atoms with Crippen molar-refractivity contribution in [3.05, 3.63) is 50.9 Å². The van der Waals surface area contributed by atoms with Crippen LogP contribution in [0.15, 0.2) is 35.3 Å². The summed E-state index contributed by atoms with van der Waals surface area (Å²) in [5.74, 6) is 0.0816. The fourth-order valence-electron chi connectivity index (χ4n) is 3.15. The summed E-state index contributed by atoms with van der Waals surface area (Å²) in [6.45, 7) is 2.53. The highest BCUT2D eigenvalue weighted by molar-refractivity contribution is 7.09. The lowest BCUT2D eigenvalue weighted by Crippen LogP contribution is -2.27. The summed E-state index contributed by atoms with van der Waals surface area (Å²) in [7, 11) is 0. The standard InChI is InChI=1S/C19H21N5O2S2/c25-18-14(22-11-16-20-3-7-27-16)9-13(19(26)24-5-1-2-6-24)10-15(18)23-12-17-21-4-8-28-17/h3-4,7-10,22-23,25H,1-2,5-6,11-12H2. The Morgan fingerprint density at radius 1 is 1.00 bits per heavy atom. The van der Waals surface area contributed by atoms with E-state index < -0.39 is 0 Å². The zero-order valence-corrected chi connectivity index (χ0v) is 16.9. The molecular formula is C19H21N5O2S2. The molecule has 0 radical (unpaired) electrons. The van der Waals surface area contributed by atoms with E-state index in [4.69, 9.17) is 0 Å². The number of nitrogens with zero attached hydrogens (tertiary/aromatic N) is 3. The van der Waals surface area contributed by atoms with Crippen molar-refractivity contribution in [3.63, 3.8) is 0 Å². The molecule has 7 nitrogen and oxygen atoms in total. The number of likely N-dealkylation sites (tertiary alicyclic amines) is 1. The van der Waals surface area contributed by atoms with Crippen LogP contribution in [0.3, 0.4) is 0 Å². The van der Waals surface area contributed by atoms with Gasteiger partial charge < -0.3 is 20.6 Å². The van der Waals surface area contributed by atoms with Gasteiger partial charge in [0, 0.05) is 41.8 Å². The summed E-state index contributed by atoms with van der Waals surface area (Å²) in [5.41, 5.74) is 1.59. The van der Waals surface area contributed by atoms with Gasteiger partial charge in [-0.3, -0.25) is 4.79 Å². The number of anilines is 2. The molecule has 1 saturated heterocycles. The highest BCUT2D eigenvalue weighted by Crippen LogP contribution is 2.35. The number of amides is 1. The molecule has 1 aliphatic rings. The van der Waals surface area contributed by atoms with Crippen LogP contribution in [0, 0.1) is 0 Å². The number of nitrogens with one attached hydrogen (secondary N) is 2. The van der Waals surface area contributed by atoms with Crippen molar-refractivity contribution in [3.8, 4) is 5.75 Å². The van der Waals surface area contributed by atoms with E-state index in [0.29, 0.717) is 30.0 Å². The summed E-state index contributed by atoms with van der Waals surface area (Å²) in [5, 5.41) is 22.8. The van der Waals surface area contributed by atoms with Crippen LogP contribution < -0.4 is 10.6 Å². The van der Waals surface area contributed by atoms with Crippen LogP contribution in [0.1, 0.15) is 33.2 Å². The van der Waals surface area contributed by atoms with Crippen LogP contribution in [0.2, 0.25) is 0 Å². The van der Waals surface area contributed by atoms with E-state index in [-0.39, 0.29) is 11.7 Å². The minimum Gasteiger partial charge on any atom is -0.504 e. The van der Waals surface area contributed by atoms with Gasteiger partial charge in [0.1, 0.15) is 10.0 Å². The van der Waals surface area contributed by atoms with Gasteiger partial charge in [-0.05, 0) is 25.0 Å². The zero-order valence-electron chi connectivity index (χ0n) is 15.2. The van der Waals surface area contributed by atoms with E-state index in [1.807, 2.05) is 15.7 Å². The molecular weight excluding hydrogens is 394 g/mol. The molecule has 3 heterocycles. The molecule has 3 N–H and O–H groups in total. The van der Waals surface area contributed by atoms with Gasteiger partial charge in [0.25, 0.3) is 5.91 Å². The first-order chi connectivity index (χ1) is 13.7. The third-order valence-corrected chi connectivity index (χ3v) is 6.14. The van der Waals surface area contributed by atoms with Gasteiger partial charge >= 0.3 is 0 Å². The average Bonchev–Trinajstić information content (AvgIpc) is 3.49. The van der Waals surface area contributed by atoms with Crippen molar-refractivity contribution >= 4 is 40.0 Å². The summed E-state index contributed by atoms with van der Waals surface area (Å²) in [4.78, 5) is 23.3. The minimum atomic E-state index is -0.00732. The van der Waals surface area contributed by atoms with E-state index in [2.05, 4.69) is 20.6 Å². The number of hydrogen-bond donors (Lipinski definition) is 3. The number of carbonyl (C=O) groups is 1. The lowest BCUT2D eigenvalue weighted by Gasteiger charge is -2.19. The van der Waals surface area contributed by atoms with E-state index >= 15 is 0 Å². The second-order valence-electron chi connectivity index (χ2n) is 6.48. The molecule has 1 fully saturated rings. The number of phenolic OH excluding ortho intramolecular Hbond substituents is 1. The quantitative estimate of drug-likeness (QED) is 0.509. The Hall–Kier alpha value is -2.65. The summed E-state index contributed by atoms with van der Waals surface area (Å²) >= 11 is 3.08. The van der Waals surface area contributed by atoms with Crippen molar-refractivity contribution in [2.45, 2.75) is 25.9 Å². The van der Waals surface area contributed by atoms with Gasteiger partial charge in [0.05, 0.1) is 24.5 Å². The lowest BCUT2D eigenvalue weighted by molar-refractivity contribution is 0.0793. The maximum Gasteiger partial charge on any atom is 0.254 e. The molecule has 0 saturated carbocycles. The number of carbonyl (C=O) groups excluding carboxylic acids is 1. The molecule has 1 aromatic carbocycles. The van der Waals surface area contributed by atoms with Crippen LogP contribution in [0.4, 0.5) is 11.4 Å². The van der Waals surface area contributed by atoms with Gasteiger partial charge in [0.15, 0.2) is 5.75 Å². The van der Waals surface area contributed by atoms with Crippen molar-refractivity contribution < 1.29 is 9.90 Å². The summed E-state index contributed by atoms with van der Waals surface area (Å²) in [6, 6.07) is 3.44. The van der Waals surface area contributed by atoms with Crippen LogP contribution in [0.25, 0.3) is 0 Å². The number of benzene rings is 1. The second kappa shape index (κ2) is 8.57. The number of hydrogen-bond acceptors (Lipinski definition) is 8. The molecule has 3 aromatic rings. The third kappa shape index (κ3) is 4.26. The predicted octanol–water partition coefficient (Wildman–Crippen LogP) is 3.77. The number of aromatic hydroxyl groups is 1. The second-order valence-corrected chi connectivity index (χ2v) is 8.44. The minimum absolute atomic E-state index is 0.00732. The molecule has 0 spiro atoms. The molecule has 0 atom stereocenters. The number of aromatic nitrogens is 2. The van der Waals surface area contributed by atoms with Gasteiger partial charge in [-0.25, -0.2) is 9.97 Å². The van der Waals surface area contributed by atoms with Gasteiger partial charge in [-0.2, -0.15) is 0 Å². The lowest BCUT2D eigenvalue weighted by atomic mass is 10.1. The molecule has 0 unspecified atom stereocenters. The summed E-state index contributed by atoms with van der Waals surface area (Å²) < 4.78 is 0. The van der Waals surface area contributed by atoms with Crippen LogP contribution in [-0.2, 0) is 13.1 Å². The fraction of sp³-hybridized carbons (Fsp3) is 0.316. The maximum atomic E-state index is 12.9. The first kappa shape index (κ1) is 18.7. The molecule has 1 aliphatic heterocycles. The van der Waals surface area contributed by atoms with E-state index in [1.54, 1.807) is 24.5 Å². The molecule has 28 heavy (non-hydrogen) atoms. The Morgan fingerprint density at radius 3 is 2.00 bits per heavy atom. The van der Waals surface area contributed by atoms with Crippen LogP contribution >= 0.6 is 22.7 Å². The maximum absolute atomic E-state index is 12.9. The Bertz CT molecular complexity index is 863. The van der Waals surface area contributed by atoms with E-state index in [9.17, 15) is 9.90 Å². The van der Waals surface area contributed by atoms with Gasteiger partial charge in [-0.15, -0.1) is 22.7 Å². The molecule has 0 aliphatic carbocycles. The zero-order chi connectivity index (χ0) is 19.3. The number of thiazole rings is 2. The Balaban J connectivity index is 1.59. The van der Waals surface area contributed by atoms with Gasteiger partial charge in [0.2, 0.25) is 0 Å². The molecule has 4 rings (SSSR count). The largest absolute Gasteiger partial charge is 0.504 e. The fourth-order valence-corrected chi connectivity index (χ4v) is 4.26. The average molecular weight is 416 g/mol. The SMILES string of the molecule is O=C(c1cc(NCc2nccs2)c(O)c(NCc2nccs2)c1)N1CCCC1. The van der Waals surface area contributed by atoms with Crippen molar-refractivity contribution in [2.24, 2.45) is 0 Å². The molecule has 146 valence electrons. The first-order valence-electron chi connectivity index (χ1n) is 9.11. The van der Waals surface area contributed by atoms with E-state index in [0.717, 1.165) is 35.9 Å². The number of phenols is 1. The molecule has 9 heteroatoms. The summed E-state index contributed by atoms with van der Waals surface area (Å²) in [6.07, 6.45) is 5.56. The highest BCUT2D eigenvalue weighted by Gasteiger charge is 2.22. The normalized spacial score (nSPS) is 13.6. The Labute approximate surface area is 171 Å². The van der Waals surface area contributed by atoms with Crippen LogP contribution in [-0.4, -0.2) is 39.0 Å². The van der Waals surface area contributed by atoms with Crippen molar-refractivity contribution in [2.75, 3.05) is 23.7 Å². The van der Waals surface area contributed by atoms with Crippen molar-refractivity contribution in [1.29, 1.82) is 0 Å². The Morgan fingerprint density at radius 2 is 1.54 bits per heavy atom. The third-order valence-electron chi connectivity index (χ3n) is 4.58. The van der Waals surface area contributed by atoms with Crippen LogP contribution in [0.5, 0.6) is 5.75 Å². The van der Waals surface area contributed by atoms with Crippen molar-refractivity contribution in [1.82, 2.24) is 14.9 Å². The molecule has 1 amide bonds. The smallest absolute Gasteiger partial charge is 0.254 e. The highest BCUT2D eigenvalue weighted by atomic mass is 32.1. The first-order valence-corrected chi connectivity index (χ1v) is 10.9. The monoisotopic (exact) mass is 415 g/mol. The number of rotatable bonds is 7. The van der Waals surface area contributed by atoms with Gasteiger partial charge in [-0.1, -0.05) is 0 Å². The predicted molar refractivity (Wildman–Crippen MR) is 112 cm³/mol. The molecule has 0 bridgehead atoms. The van der Waals surface area contributed by atoms with E-state index in [1.165, 1.54) is 22.7 Å². The Kier molecular flexibility index (Phi) is 5.73. The molecule has 2 aromatic heterocycles.